The monoisotopic (exact) mass is 392 g/mol. The van der Waals surface area contributed by atoms with Gasteiger partial charge in [-0.25, -0.2) is 9.97 Å². The molecule has 0 radical (unpaired) electrons. The standard InChI is InChI=1S/C20H23F3N4O/c1-3-14-8-6-7-11-27(14)19(28)17-12-18(25-13(2)24-17)26-16-10-5-4-9-15(16)20(21,22)23/h4-5,9-10,12,14H,3,6-8,11H2,1-2H3,(H,24,25,26). The van der Waals surface area contributed by atoms with Crippen molar-refractivity contribution in [2.75, 3.05) is 11.9 Å². The Balaban J connectivity index is 1.90. The molecule has 150 valence electrons. The van der Waals surface area contributed by atoms with Gasteiger partial charge in [-0.3, -0.25) is 4.79 Å². The smallest absolute Gasteiger partial charge is 0.340 e. The normalized spacial score (nSPS) is 17.5. The van der Waals surface area contributed by atoms with Crippen LogP contribution < -0.4 is 5.32 Å². The number of para-hydroxylation sites is 1. The van der Waals surface area contributed by atoms with Crippen molar-refractivity contribution >= 4 is 17.4 Å². The summed E-state index contributed by atoms with van der Waals surface area (Å²) in [5, 5.41) is 2.70. The average molecular weight is 392 g/mol. The molecule has 1 atom stereocenters. The molecule has 2 aromatic rings. The number of halogens is 3. The van der Waals surface area contributed by atoms with Gasteiger partial charge in [0.1, 0.15) is 17.3 Å². The van der Waals surface area contributed by atoms with Crippen LogP contribution in [0.5, 0.6) is 0 Å². The fourth-order valence-corrected chi connectivity index (χ4v) is 3.56. The molecule has 1 unspecified atom stereocenters. The number of nitrogens with zero attached hydrogens (tertiary/aromatic N) is 3. The molecule has 1 aliphatic heterocycles. The highest BCUT2D eigenvalue weighted by Gasteiger charge is 2.33. The Labute approximate surface area is 162 Å². The predicted molar refractivity (Wildman–Crippen MR) is 100 cm³/mol. The van der Waals surface area contributed by atoms with Crippen molar-refractivity contribution in [1.82, 2.24) is 14.9 Å². The molecule has 1 aromatic carbocycles. The summed E-state index contributed by atoms with van der Waals surface area (Å²) in [7, 11) is 0. The van der Waals surface area contributed by atoms with Gasteiger partial charge in [0.25, 0.3) is 5.91 Å². The summed E-state index contributed by atoms with van der Waals surface area (Å²) in [5.74, 6) is 0.282. The lowest BCUT2D eigenvalue weighted by Crippen LogP contribution is -2.43. The van der Waals surface area contributed by atoms with Gasteiger partial charge in [-0.05, 0) is 44.7 Å². The molecule has 1 saturated heterocycles. The number of carbonyl (C=O) groups excluding carboxylic acids is 1. The Hall–Kier alpha value is -2.64. The van der Waals surface area contributed by atoms with Crippen molar-refractivity contribution < 1.29 is 18.0 Å². The van der Waals surface area contributed by atoms with Crippen LogP contribution in [0.15, 0.2) is 30.3 Å². The zero-order chi connectivity index (χ0) is 20.3. The van der Waals surface area contributed by atoms with E-state index in [0.29, 0.717) is 12.4 Å². The molecule has 0 aliphatic carbocycles. The van der Waals surface area contributed by atoms with E-state index in [4.69, 9.17) is 0 Å². The van der Waals surface area contributed by atoms with Crippen LogP contribution in [0.4, 0.5) is 24.7 Å². The van der Waals surface area contributed by atoms with Crippen LogP contribution in [-0.4, -0.2) is 33.4 Å². The minimum Gasteiger partial charge on any atom is -0.340 e. The Bertz CT molecular complexity index is 854. The largest absolute Gasteiger partial charge is 0.418 e. The van der Waals surface area contributed by atoms with Crippen molar-refractivity contribution in [3.05, 3.63) is 47.4 Å². The van der Waals surface area contributed by atoms with Crippen molar-refractivity contribution in [2.45, 2.75) is 51.7 Å². The van der Waals surface area contributed by atoms with Gasteiger partial charge in [-0.2, -0.15) is 13.2 Å². The number of benzene rings is 1. The molecule has 5 nitrogen and oxygen atoms in total. The van der Waals surface area contributed by atoms with E-state index in [1.165, 1.54) is 24.3 Å². The van der Waals surface area contributed by atoms with Crippen molar-refractivity contribution in [2.24, 2.45) is 0 Å². The van der Waals surface area contributed by atoms with E-state index < -0.39 is 11.7 Å². The van der Waals surface area contributed by atoms with E-state index in [2.05, 4.69) is 15.3 Å². The van der Waals surface area contributed by atoms with Crippen LogP contribution in [0.25, 0.3) is 0 Å². The quantitative estimate of drug-likeness (QED) is 0.800. The topological polar surface area (TPSA) is 58.1 Å². The number of nitrogens with one attached hydrogen (secondary N) is 1. The lowest BCUT2D eigenvalue weighted by Gasteiger charge is -2.35. The van der Waals surface area contributed by atoms with Gasteiger partial charge in [0.2, 0.25) is 0 Å². The van der Waals surface area contributed by atoms with Crippen LogP contribution in [0.3, 0.4) is 0 Å². The van der Waals surface area contributed by atoms with Crippen LogP contribution in [0, 0.1) is 6.92 Å². The van der Waals surface area contributed by atoms with E-state index in [1.807, 2.05) is 11.8 Å². The second kappa shape index (κ2) is 8.16. The van der Waals surface area contributed by atoms with E-state index in [-0.39, 0.29) is 29.1 Å². The van der Waals surface area contributed by atoms with E-state index in [0.717, 1.165) is 31.7 Å². The number of likely N-dealkylation sites (tertiary alicyclic amines) is 1. The Kier molecular flexibility index (Phi) is 5.86. The fraction of sp³-hybridized carbons (Fsp3) is 0.450. The number of aryl methyl sites for hydroxylation is 1. The second-order valence-electron chi connectivity index (χ2n) is 6.91. The molecular formula is C20H23F3N4O. The van der Waals surface area contributed by atoms with Crippen molar-refractivity contribution in [3.8, 4) is 0 Å². The number of piperidine rings is 1. The molecule has 3 rings (SSSR count). The second-order valence-corrected chi connectivity index (χ2v) is 6.91. The molecule has 1 aromatic heterocycles. The highest BCUT2D eigenvalue weighted by atomic mass is 19.4. The first-order valence-corrected chi connectivity index (χ1v) is 9.39. The van der Waals surface area contributed by atoms with Crippen LogP contribution in [-0.2, 0) is 6.18 Å². The molecule has 0 bridgehead atoms. The Morgan fingerprint density at radius 2 is 2.00 bits per heavy atom. The van der Waals surface area contributed by atoms with Crippen LogP contribution in [0.1, 0.15) is 54.5 Å². The van der Waals surface area contributed by atoms with Crippen LogP contribution in [0.2, 0.25) is 0 Å². The fourth-order valence-electron chi connectivity index (χ4n) is 3.56. The van der Waals surface area contributed by atoms with Gasteiger partial charge in [0.15, 0.2) is 0 Å². The van der Waals surface area contributed by atoms with E-state index >= 15 is 0 Å². The summed E-state index contributed by atoms with van der Waals surface area (Å²) in [6, 6.07) is 6.76. The van der Waals surface area contributed by atoms with E-state index in [9.17, 15) is 18.0 Å². The zero-order valence-corrected chi connectivity index (χ0v) is 15.9. The number of hydrogen-bond acceptors (Lipinski definition) is 4. The van der Waals surface area contributed by atoms with Gasteiger partial charge in [-0.15, -0.1) is 0 Å². The van der Waals surface area contributed by atoms with Gasteiger partial charge >= 0.3 is 6.18 Å². The number of alkyl halides is 3. The van der Waals surface area contributed by atoms with Crippen molar-refractivity contribution in [1.29, 1.82) is 0 Å². The summed E-state index contributed by atoms with van der Waals surface area (Å²) in [4.78, 5) is 23.2. The molecule has 1 amide bonds. The Morgan fingerprint density at radius 3 is 2.71 bits per heavy atom. The number of rotatable bonds is 4. The number of hydrogen-bond donors (Lipinski definition) is 1. The van der Waals surface area contributed by atoms with Gasteiger partial charge in [0.05, 0.1) is 11.3 Å². The first-order valence-electron chi connectivity index (χ1n) is 9.39. The summed E-state index contributed by atoms with van der Waals surface area (Å²) in [5.41, 5.74) is -0.711. The number of aromatic nitrogens is 2. The number of carbonyl (C=O) groups is 1. The first kappa shape index (κ1) is 20.1. The van der Waals surface area contributed by atoms with Gasteiger partial charge in [0, 0.05) is 18.7 Å². The summed E-state index contributed by atoms with van der Waals surface area (Å²) >= 11 is 0. The van der Waals surface area contributed by atoms with Gasteiger partial charge in [-0.1, -0.05) is 19.1 Å². The highest BCUT2D eigenvalue weighted by molar-refractivity contribution is 5.93. The molecule has 0 spiro atoms. The van der Waals surface area contributed by atoms with Gasteiger partial charge < -0.3 is 10.2 Å². The maximum absolute atomic E-state index is 13.2. The third kappa shape index (κ3) is 4.43. The molecule has 0 saturated carbocycles. The molecule has 28 heavy (non-hydrogen) atoms. The van der Waals surface area contributed by atoms with Crippen molar-refractivity contribution in [3.63, 3.8) is 0 Å². The Morgan fingerprint density at radius 1 is 1.25 bits per heavy atom. The highest BCUT2D eigenvalue weighted by Crippen LogP contribution is 2.35. The molecule has 1 fully saturated rings. The molecular weight excluding hydrogens is 369 g/mol. The first-order chi connectivity index (χ1) is 13.3. The molecule has 8 heteroatoms. The molecule has 1 aliphatic rings. The maximum atomic E-state index is 13.2. The molecule has 2 heterocycles. The predicted octanol–water partition coefficient (Wildman–Crippen LogP) is 4.95. The number of amides is 1. The molecule has 1 N–H and O–H groups in total. The average Bonchev–Trinajstić information content (AvgIpc) is 2.66. The third-order valence-corrected chi connectivity index (χ3v) is 4.91. The van der Waals surface area contributed by atoms with E-state index in [1.54, 1.807) is 6.92 Å². The zero-order valence-electron chi connectivity index (χ0n) is 15.9. The lowest BCUT2D eigenvalue weighted by atomic mass is 9.99. The lowest BCUT2D eigenvalue weighted by molar-refractivity contribution is -0.136. The maximum Gasteiger partial charge on any atom is 0.418 e. The third-order valence-electron chi connectivity index (χ3n) is 4.91. The summed E-state index contributed by atoms with van der Waals surface area (Å²) in [6.07, 6.45) is -0.648. The minimum atomic E-state index is -4.49. The number of anilines is 2. The summed E-state index contributed by atoms with van der Waals surface area (Å²) < 4.78 is 39.7. The minimum absolute atomic E-state index is 0.115. The SMILES string of the molecule is CCC1CCCCN1C(=O)c1cc(Nc2ccccc2C(F)(F)F)nc(C)n1. The summed E-state index contributed by atoms with van der Waals surface area (Å²) in [6.45, 7) is 4.33. The van der Waals surface area contributed by atoms with Crippen LogP contribution >= 0.6 is 0 Å².